The van der Waals surface area contributed by atoms with Gasteiger partial charge in [-0.15, -0.1) is 5.10 Å². The molecule has 1 aromatic rings. The van der Waals surface area contributed by atoms with Gasteiger partial charge >= 0.3 is 0 Å². The lowest BCUT2D eigenvalue weighted by Gasteiger charge is -2.12. The van der Waals surface area contributed by atoms with Crippen LogP contribution < -0.4 is 25.5 Å². The Morgan fingerprint density at radius 3 is 2.11 bits per heavy atom. The molecule has 0 aromatic heterocycles. The molecular formula is C11H16N4O3. The van der Waals surface area contributed by atoms with Gasteiger partial charge in [-0.1, -0.05) is 0 Å². The minimum Gasteiger partial charge on any atom is -0.493 e. The van der Waals surface area contributed by atoms with Gasteiger partial charge < -0.3 is 19.9 Å². The Morgan fingerprint density at radius 2 is 1.67 bits per heavy atom. The summed E-state index contributed by atoms with van der Waals surface area (Å²) in [6.45, 7) is 0. The van der Waals surface area contributed by atoms with Gasteiger partial charge in [0.15, 0.2) is 11.5 Å². The van der Waals surface area contributed by atoms with E-state index in [0.717, 1.165) is 11.9 Å². The van der Waals surface area contributed by atoms with E-state index in [1.54, 1.807) is 39.7 Å². The van der Waals surface area contributed by atoms with Gasteiger partial charge in [0.05, 0.1) is 27.5 Å². The molecule has 0 heterocycles. The zero-order chi connectivity index (χ0) is 13.4. The quantitative estimate of drug-likeness (QED) is 0.438. The number of hydrazone groups is 2. The molecule has 18 heavy (non-hydrogen) atoms. The van der Waals surface area contributed by atoms with Gasteiger partial charge in [-0.25, -0.2) is 0 Å². The summed E-state index contributed by atoms with van der Waals surface area (Å²) < 4.78 is 15.6. The fraction of sp³-hybridized carbons (Fsp3) is 0.273. The molecule has 0 atom stereocenters. The second-order valence-corrected chi connectivity index (χ2v) is 3.10. The molecule has 3 N–H and O–H groups in total. The summed E-state index contributed by atoms with van der Waals surface area (Å²) in [5.74, 6) is 1.64. The van der Waals surface area contributed by atoms with Crippen molar-refractivity contribution >= 4 is 12.6 Å². The number of rotatable bonds is 6. The molecular weight excluding hydrogens is 236 g/mol. The van der Waals surface area contributed by atoms with Crippen molar-refractivity contribution in [2.75, 3.05) is 21.3 Å². The van der Waals surface area contributed by atoms with Crippen molar-refractivity contribution in [1.82, 2.24) is 5.53 Å². The van der Waals surface area contributed by atoms with Gasteiger partial charge in [0.2, 0.25) is 5.75 Å². The Bertz CT molecular complexity index is 421. The van der Waals surface area contributed by atoms with Gasteiger partial charge in [0.25, 0.3) is 0 Å². The fourth-order valence-corrected chi connectivity index (χ4v) is 1.35. The van der Waals surface area contributed by atoms with Crippen LogP contribution in [0.2, 0.25) is 0 Å². The Hall–Kier alpha value is -2.44. The molecule has 98 valence electrons. The van der Waals surface area contributed by atoms with Crippen molar-refractivity contribution in [3.63, 3.8) is 0 Å². The van der Waals surface area contributed by atoms with E-state index in [-0.39, 0.29) is 0 Å². The van der Waals surface area contributed by atoms with Crippen LogP contribution in [0.1, 0.15) is 5.56 Å². The van der Waals surface area contributed by atoms with Crippen molar-refractivity contribution in [3.05, 3.63) is 17.7 Å². The van der Waals surface area contributed by atoms with E-state index in [2.05, 4.69) is 15.7 Å². The summed E-state index contributed by atoms with van der Waals surface area (Å²) in [6.07, 6.45) is 2.66. The SMILES string of the molecule is COc1cc(/C=N/N/N=C\N)cc(OC)c1OC. The number of hydrogen-bond donors (Lipinski definition) is 2. The predicted octanol–water partition coefficient (Wildman–Crippen LogP) is 0.538. The molecule has 0 spiro atoms. The number of hydrogen-bond acceptors (Lipinski definition) is 6. The lowest BCUT2D eigenvalue weighted by molar-refractivity contribution is 0.324. The maximum Gasteiger partial charge on any atom is 0.203 e. The summed E-state index contributed by atoms with van der Waals surface area (Å²) in [5.41, 5.74) is 8.21. The molecule has 1 rings (SSSR count). The minimum absolute atomic E-state index is 0.532. The highest BCUT2D eigenvalue weighted by Crippen LogP contribution is 2.37. The lowest BCUT2D eigenvalue weighted by atomic mass is 10.2. The van der Waals surface area contributed by atoms with Crippen LogP contribution in [0.25, 0.3) is 0 Å². The number of nitrogens with two attached hydrogens (primary N) is 1. The van der Waals surface area contributed by atoms with E-state index < -0.39 is 0 Å². The highest BCUT2D eigenvalue weighted by atomic mass is 16.5. The average molecular weight is 252 g/mol. The summed E-state index contributed by atoms with van der Waals surface area (Å²) in [7, 11) is 4.65. The van der Waals surface area contributed by atoms with Gasteiger partial charge in [-0.05, 0) is 12.1 Å². The Labute approximate surface area is 105 Å². The summed E-state index contributed by atoms with van der Waals surface area (Å²) in [4.78, 5) is 0. The number of benzene rings is 1. The summed E-state index contributed by atoms with van der Waals surface area (Å²) >= 11 is 0. The molecule has 7 heteroatoms. The van der Waals surface area contributed by atoms with Gasteiger partial charge in [0, 0.05) is 5.56 Å². The highest BCUT2D eigenvalue weighted by Gasteiger charge is 2.12. The standard InChI is InChI=1S/C11H16N4O3/c1-16-9-4-8(6-13-15-14-7-12)5-10(17-2)11(9)18-3/h4-7,15H,1-3H3,(H2,12,14)/b13-6+. The van der Waals surface area contributed by atoms with Crippen molar-refractivity contribution < 1.29 is 14.2 Å². The summed E-state index contributed by atoms with van der Waals surface area (Å²) in [6, 6.07) is 3.53. The van der Waals surface area contributed by atoms with Crippen molar-refractivity contribution in [3.8, 4) is 17.2 Å². The molecule has 1 aromatic carbocycles. The van der Waals surface area contributed by atoms with Crippen molar-refractivity contribution in [2.45, 2.75) is 0 Å². The van der Waals surface area contributed by atoms with E-state index in [1.807, 2.05) is 0 Å². The van der Waals surface area contributed by atoms with Crippen LogP contribution in [0, 0.1) is 0 Å². The van der Waals surface area contributed by atoms with Gasteiger partial charge in [0.1, 0.15) is 6.34 Å². The second-order valence-electron chi connectivity index (χ2n) is 3.10. The minimum atomic E-state index is 0.532. The topological polar surface area (TPSA) is 90.5 Å². The van der Waals surface area contributed by atoms with E-state index >= 15 is 0 Å². The maximum absolute atomic E-state index is 5.21. The number of nitrogens with one attached hydrogen (secondary N) is 1. The third-order valence-corrected chi connectivity index (χ3v) is 2.09. The third kappa shape index (κ3) is 3.27. The zero-order valence-electron chi connectivity index (χ0n) is 10.5. The number of methoxy groups -OCH3 is 3. The van der Waals surface area contributed by atoms with Crippen LogP contribution in [0.5, 0.6) is 17.2 Å². The predicted molar refractivity (Wildman–Crippen MR) is 69.5 cm³/mol. The average Bonchev–Trinajstić information content (AvgIpc) is 2.42. The lowest BCUT2D eigenvalue weighted by Crippen LogP contribution is -2.01. The van der Waals surface area contributed by atoms with Crippen LogP contribution in [-0.4, -0.2) is 33.9 Å². The largest absolute Gasteiger partial charge is 0.493 e. The summed E-state index contributed by atoms with van der Waals surface area (Å²) in [5, 5.41) is 7.36. The Kier molecular flexibility index (Phi) is 5.30. The molecule has 0 saturated carbocycles. The molecule has 0 unspecified atom stereocenters. The molecule has 0 saturated heterocycles. The molecule has 7 nitrogen and oxygen atoms in total. The number of ether oxygens (including phenoxy) is 3. The first-order valence-electron chi connectivity index (χ1n) is 5.08. The van der Waals surface area contributed by atoms with E-state index in [0.29, 0.717) is 17.2 Å². The van der Waals surface area contributed by atoms with Gasteiger partial charge in [-0.3, -0.25) is 0 Å². The molecule has 0 aliphatic heterocycles. The fourth-order valence-electron chi connectivity index (χ4n) is 1.35. The van der Waals surface area contributed by atoms with E-state index in [1.165, 1.54) is 0 Å². The van der Waals surface area contributed by atoms with E-state index in [9.17, 15) is 0 Å². The molecule has 0 aliphatic rings. The Balaban J connectivity index is 3.03. The van der Waals surface area contributed by atoms with Crippen LogP contribution in [-0.2, 0) is 0 Å². The smallest absolute Gasteiger partial charge is 0.203 e. The normalized spacial score (nSPS) is 10.8. The molecule has 0 bridgehead atoms. The van der Waals surface area contributed by atoms with Crippen LogP contribution in [0.4, 0.5) is 0 Å². The maximum atomic E-state index is 5.21. The first-order valence-corrected chi connectivity index (χ1v) is 5.08. The van der Waals surface area contributed by atoms with Crippen LogP contribution in [0.15, 0.2) is 22.3 Å². The van der Waals surface area contributed by atoms with Crippen LogP contribution >= 0.6 is 0 Å². The van der Waals surface area contributed by atoms with Gasteiger partial charge in [-0.2, -0.15) is 10.6 Å². The van der Waals surface area contributed by atoms with E-state index in [4.69, 9.17) is 19.9 Å². The second kappa shape index (κ2) is 7.00. The highest BCUT2D eigenvalue weighted by molar-refractivity contribution is 5.82. The van der Waals surface area contributed by atoms with Crippen LogP contribution in [0.3, 0.4) is 0 Å². The first-order chi connectivity index (χ1) is 8.76. The third-order valence-electron chi connectivity index (χ3n) is 2.09. The zero-order valence-corrected chi connectivity index (χ0v) is 10.5. The van der Waals surface area contributed by atoms with Crippen molar-refractivity contribution in [1.29, 1.82) is 0 Å². The Morgan fingerprint density at radius 1 is 1.06 bits per heavy atom. The molecule has 0 fully saturated rings. The van der Waals surface area contributed by atoms with Crippen molar-refractivity contribution in [2.24, 2.45) is 15.9 Å². The molecule has 0 aliphatic carbocycles. The molecule has 0 radical (unpaired) electrons. The first kappa shape index (κ1) is 13.6. The molecule has 0 amide bonds. The monoisotopic (exact) mass is 252 g/mol. The number of nitrogens with zero attached hydrogens (tertiary/aromatic N) is 2.